The normalized spacial score (nSPS) is 18.2. The SMILES string of the molecule is C/C=C(\N=NC)C(=O)N1CCCC(C(=O)NCc2nc(-c3ccc(C(F)(F)F)cc3)cs2)C1C.CCCN. The van der Waals surface area contributed by atoms with Gasteiger partial charge in [0, 0.05) is 30.6 Å². The number of benzene rings is 1. The van der Waals surface area contributed by atoms with E-state index in [1.807, 2.05) is 6.92 Å². The highest BCUT2D eigenvalue weighted by Crippen LogP contribution is 2.31. The van der Waals surface area contributed by atoms with Crippen molar-refractivity contribution in [1.29, 1.82) is 0 Å². The Bertz CT molecular complexity index is 1110. The van der Waals surface area contributed by atoms with Gasteiger partial charge in [-0.1, -0.05) is 25.1 Å². The number of nitrogens with one attached hydrogen (secondary N) is 1. The number of alkyl halides is 3. The molecule has 0 saturated carbocycles. The summed E-state index contributed by atoms with van der Waals surface area (Å²) >= 11 is 1.32. The van der Waals surface area contributed by atoms with Gasteiger partial charge in [0.15, 0.2) is 0 Å². The Kier molecular flexibility index (Phi) is 12.0. The molecule has 8 nitrogen and oxygen atoms in total. The second-order valence-corrected chi connectivity index (χ2v) is 9.61. The average Bonchev–Trinajstić information content (AvgIpc) is 3.39. The van der Waals surface area contributed by atoms with E-state index in [-0.39, 0.29) is 36.0 Å². The van der Waals surface area contributed by atoms with Gasteiger partial charge in [0.1, 0.15) is 10.7 Å². The summed E-state index contributed by atoms with van der Waals surface area (Å²) in [5.74, 6) is -0.793. The first-order chi connectivity index (χ1) is 18.1. The van der Waals surface area contributed by atoms with Gasteiger partial charge in [0.25, 0.3) is 5.91 Å². The Morgan fingerprint density at radius 1 is 1.29 bits per heavy atom. The highest BCUT2D eigenvalue weighted by atomic mass is 32.1. The number of piperidine rings is 1. The first-order valence-electron chi connectivity index (χ1n) is 12.4. The second kappa shape index (κ2) is 14.7. The molecule has 0 aliphatic carbocycles. The number of thiazole rings is 1. The van der Waals surface area contributed by atoms with Gasteiger partial charge < -0.3 is 16.0 Å². The van der Waals surface area contributed by atoms with Crippen LogP contribution in [0.1, 0.15) is 50.6 Å². The number of azo groups is 1. The Labute approximate surface area is 225 Å². The number of allylic oxidation sites excluding steroid dienone is 1. The molecular formula is C26H35F3N6O2S. The van der Waals surface area contributed by atoms with E-state index in [4.69, 9.17) is 5.73 Å². The minimum Gasteiger partial charge on any atom is -0.349 e. The zero-order chi connectivity index (χ0) is 28.3. The first-order valence-corrected chi connectivity index (χ1v) is 13.3. The number of likely N-dealkylation sites (tertiary alicyclic amines) is 1. The van der Waals surface area contributed by atoms with Crippen LogP contribution < -0.4 is 11.1 Å². The molecule has 2 heterocycles. The van der Waals surface area contributed by atoms with Crippen LogP contribution in [0.5, 0.6) is 0 Å². The Balaban J connectivity index is 0.00000118. The van der Waals surface area contributed by atoms with Gasteiger partial charge in [-0.3, -0.25) is 9.59 Å². The molecule has 2 amide bonds. The van der Waals surface area contributed by atoms with Crippen molar-refractivity contribution in [2.45, 2.75) is 58.8 Å². The summed E-state index contributed by atoms with van der Waals surface area (Å²) in [6.07, 6.45) is -0.334. The average molecular weight is 553 g/mol. The van der Waals surface area contributed by atoms with E-state index in [1.165, 1.54) is 30.5 Å². The number of hydrogen-bond acceptors (Lipinski definition) is 7. The van der Waals surface area contributed by atoms with Crippen molar-refractivity contribution in [3.63, 3.8) is 0 Å². The van der Waals surface area contributed by atoms with E-state index >= 15 is 0 Å². The number of carbonyl (C=O) groups excluding carboxylic acids is 2. The summed E-state index contributed by atoms with van der Waals surface area (Å²) in [4.78, 5) is 31.8. The number of carbonyl (C=O) groups is 2. The lowest BCUT2D eigenvalue weighted by Gasteiger charge is -2.38. The largest absolute Gasteiger partial charge is 0.416 e. The van der Waals surface area contributed by atoms with E-state index < -0.39 is 11.7 Å². The fourth-order valence-electron chi connectivity index (χ4n) is 3.91. The summed E-state index contributed by atoms with van der Waals surface area (Å²) < 4.78 is 38.3. The summed E-state index contributed by atoms with van der Waals surface area (Å²) in [5.41, 5.74) is 5.68. The highest BCUT2D eigenvalue weighted by molar-refractivity contribution is 7.09. The summed E-state index contributed by atoms with van der Waals surface area (Å²) in [6, 6.07) is 4.50. The molecule has 2 aromatic rings. The van der Waals surface area contributed by atoms with Crippen LogP contribution in [0.2, 0.25) is 0 Å². The number of amides is 2. The topological polar surface area (TPSA) is 113 Å². The zero-order valence-corrected chi connectivity index (χ0v) is 22.9. The van der Waals surface area contributed by atoms with Gasteiger partial charge in [0.05, 0.1) is 23.7 Å². The quantitative estimate of drug-likeness (QED) is 0.353. The molecule has 1 aromatic carbocycles. The van der Waals surface area contributed by atoms with E-state index in [0.29, 0.717) is 35.7 Å². The Morgan fingerprint density at radius 2 is 1.95 bits per heavy atom. The van der Waals surface area contributed by atoms with Crippen molar-refractivity contribution in [2.75, 3.05) is 20.1 Å². The molecule has 38 heavy (non-hydrogen) atoms. The summed E-state index contributed by atoms with van der Waals surface area (Å²) in [5, 5.41) is 12.8. The van der Waals surface area contributed by atoms with Gasteiger partial charge in [-0.2, -0.15) is 23.4 Å². The molecule has 1 aromatic heterocycles. The molecular weight excluding hydrogens is 517 g/mol. The van der Waals surface area contributed by atoms with Gasteiger partial charge in [-0.15, -0.1) is 11.3 Å². The van der Waals surface area contributed by atoms with Crippen LogP contribution in [0.15, 0.2) is 51.6 Å². The van der Waals surface area contributed by atoms with Crippen molar-refractivity contribution in [3.05, 3.63) is 52.0 Å². The van der Waals surface area contributed by atoms with Crippen LogP contribution >= 0.6 is 11.3 Å². The van der Waals surface area contributed by atoms with Crippen LogP contribution in [0.25, 0.3) is 11.3 Å². The molecule has 1 aliphatic heterocycles. The van der Waals surface area contributed by atoms with E-state index in [9.17, 15) is 22.8 Å². The molecule has 3 rings (SSSR count). The first kappa shape index (κ1) is 31.1. The van der Waals surface area contributed by atoms with Crippen LogP contribution in [0.4, 0.5) is 13.2 Å². The number of nitrogens with zero attached hydrogens (tertiary/aromatic N) is 4. The molecule has 1 saturated heterocycles. The third-order valence-electron chi connectivity index (χ3n) is 6.05. The molecule has 2 unspecified atom stereocenters. The third kappa shape index (κ3) is 8.45. The summed E-state index contributed by atoms with van der Waals surface area (Å²) in [6.45, 7) is 7.19. The standard InChI is InChI=1S/C23H26F3N5O2S.C3H9N/c1-4-18(30-27-3)22(33)31-11-5-6-17(14(31)2)21(32)28-12-20-29-19(13-34-20)15-7-9-16(10-8-15)23(24,25)26;1-2-3-4/h4,7-10,13-14,17H,5-6,11-12H2,1-3H3,(H,28,32);2-4H2,1H3/b18-4-,30-27?;. The molecule has 0 bridgehead atoms. The molecule has 208 valence electrons. The highest BCUT2D eigenvalue weighted by Gasteiger charge is 2.36. The van der Waals surface area contributed by atoms with Crippen LogP contribution in [-0.2, 0) is 22.3 Å². The van der Waals surface area contributed by atoms with Gasteiger partial charge in [-0.25, -0.2) is 4.98 Å². The minimum atomic E-state index is -4.39. The van der Waals surface area contributed by atoms with Crippen molar-refractivity contribution in [1.82, 2.24) is 15.2 Å². The maximum absolute atomic E-state index is 12.9. The van der Waals surface area contributed by atoms with Crippen LogP contribution in [0.3, 0.4) is 0 Å². The van der Waals surface area contributed by atoms with Gasteiger partial charge in [0.2, 0.25) is 5.91 Å². The molecule has 12 heteroatoms. The Morgan fingerprint density at radius 3 is 2.50 bits per heavy atom. The predicted molar refractivity (Wildman–Crippen MR) is 142 cm³/mol. The molecule has 3 N–H and O–H groups in total. The summed E-state index contributed by atoms with van der Waals surface area (Å²) in [7, 11) is 1.49. The van der Waals surface area contributed by atoms with E-state index in [1.54, 1.807) is 23.3 Å². The maximum atomic E-state index is 12.9. The van der Waals surface area contributed by atoms with Gasteiger partial charge >= 0.3 is 6.18 Å². The Hall–Kier alpha value is -3.12. The maximum Gasteiger partial charge on any atom is 0.416 e. The lowest BCUT2D eigenvalue weighted by atomic mass is 9.89. The molecule has 2 atom stereocenters. The minimum absolute atomic E-state index is 0.171. The third-order valence-corrected chi connectivity index (χ3v) is 6.90. The number of aromatic nitrogens is 1. The van der Waals surface area contributed by atoms with Crippen LogP contribution in [-0.4, -0.2) is 47.9 Å². The molecule has 0 radical (unpaired) electrons. The second-order valence-electron chi connectivity index (χ2n) is 8.67. The van der Waals surface area contributed by atoms with Crippen molar-refractivity contribution in [2.24, 2.45) is 21.9 Å². The number of halogens is 3. The van der Waals surface area contributed by atoms with Crippen molar-refractivity contribution < 1.29 is 22.8 Å². The zero-order valence-electron chi connectivity index (χ0n) is 22.1. The van der Waals surface area contributed by atoms with Gasteiger partial charge in [-0.05, 0) is 51.8 Å². The smallest absolute Gasteiger partial charge is 0.349 e. The number of nitrogens with two attached hydrogens (primary N) is 1. The fraction of sp³-hybridized carbons (Fsp3) is 0.500. The monoisotopic (exact) mass is 552 g/mol. The van der Waals surface area contributed by atoms with Crippen LogP contribution in [0, 0.1) is 5.92 Å². The number of rotatable bonds is 7. The molecule has 1 aliphatic rings. The van der Waals surface area contributed by atoms with Crippen molar-refractivity contribution in [3.8, 4) is 11.3 Å². The fourth-order valence-corrected chi connectivity index (χ4v) is 4.65. The predicted octanol–water partition coefficient (Wildman–Crippen LogP) is 5.41. The van der Waals surface area contributed by atoms with E-state index in [2.05, 4.69) is 27.5 Å². The molecule has 0 spiro atoms. The van der Waals surface area contributed by atoms with E-state index in [0.717, 1.165) is 25.1 Å². The van der Waals surface area contributed by atoms with Crippen molar-refractivity contribution >= 4 is 23.2 Å². The number of hydrogen-bond donors (Lipinski definition) is 2. The lowest BCUT2D eigenvalue weighted by Crippen LogP contribution is -2.51. The lowest BCUT2D eigenvalue weighted by molar-refractivity contribution is -0.138. The molecule has 1 fully saturated rings.